The zero-order valence-corrected chi connectivity index (χ0v) is 13.1. The number of carbonyl (C=O) groups excluding carboxylic acids is 1. The molecule has 0 atom stereocenters. The van der Waals surface area contributed by atoms with Crippen LogP contribution >= 0.6 is 11.8 Å². The van der Waals surface area contributed by atoms with Crippen molar-refractivity contribution >= 4 is 23.7 Å². The van der Waals surface area contributed by atoms with Crippen molar-refractivity contribution in [3.05, 3.63) is 22.9 Å². The topological polar surface area (TPSA) is 76.5 Å². The second kappa shape index (κ2) is 6.26. The third-order valence-electron chi connectivity index (χ3n) is 2.27. The number of aromatic nitrogens is 1. The molecule has 20 heavy (non-hydrogen) atoms. The number of hydrogen-bond acceptors (Lipinski definition) is 5. The van der Waals surface area contributed by atoms with Crippen molar-refractivity contribution in [1.29, 1.82) is 0 Å². The lowest BCUT2D eigenvalue weighted by molar-refractivity contribution is -0.151. The highest BCUT2D eigenvalue weighted by molar-refractivity contribution is 8.00. The molecule has 0 bridgehead atoms. The van der Waals surface area contributed by atoms with Gasteiger partial charge in [0.2, 0.25) is 0 Å². The van der Waals surface area contributed by atoms with Gasteiger partial charge >= 0.3 is 11.9 Å². The van der Waals surface area contributed by atoms with Crippen molar-refractivity contribution in [3.8, 4) is 0 Å². The molecule has 0 fully saturated rings. The molecule has 1 rings (SSSR count). The quantitative estimate of drug-likeness (QED) is 0.680. The summed E-state index contributed by atoms with van der Waals surface area (Å²) in [5, 5.41) is 9.57. The molecule has 0 aromatic carbocycles. The lowest BCUT2D eigenvalue weighted by Crippen LogP contribution is -2.25. The molecule has 0 radical (unpaired) electrons. The summed E-state index contributed by atoms with van der Waals surface area (Å²) in [6, 6.07) is 1.71. The molecule has 0 aliphatic heterocycles. The van der Waals surface area contributed by atoms with Gasteiger partial charge in [0.15, 0.2) is 0 Å². The summed E-state index contributed by atoms with van der Waals surface area (Å²) >= 11 is 1.09. The second-order valence-electron chi connectivity index (χ2n) is 5.44. The van der Waals surface area contributed by atoms with E-state index in [2.05, 4.69) is 4.98 Å². The molecule has 1 N–H and O–H groups in total. The van der Waals surface area contributed by atoms with Crippen LogP contribution in [0.3, 0.4) is 0 Å². The Balaban J connectivity index is 2.88. The first-order chi connectivity index (χ1) is 9.10. The monoisotopic (exact) mass is 297 g/mol. The summed E-state index contributed by atoms with van der Waals surface area (Å²) in [4.78, 5) is 27.1. The number of aromatic carboxylic acids is 1. The summed E-state index contributed by atoms with van der Waals surface area (Å²) in [5.74, 6) is -1.39. The van der Waals surface area contributed by atoms with Crippen LogP contribution in [0.2, 0.25) is 0 Å². The van der Waals surface area contributed by atoms with E-state index < -0.39 is 11.6 Å². The smallest absolute Gasteiger partial charge is 0.338 e. The van der Waals surface area contributed by atoms with Gasteiger partial charge in [0, 0.05) is 5.69 Å². The van der Waals surface area contributed by atoms with Crippen LogP contribution in [0, 0.1) is 13.8 Å². The van der Waals surface area contributed by atoms with E-state index in [-0.39, 0.29) is 17.3 Å². The van der Waals surface area contributed by atoms with Crippen LogP contribution < -0.4 is 0 Å². The summed E-state index contributed by atoms with van der Waals surface area (Å²) in [7, 11) is 0. The van der Waals surface area contributed by atoms with E-state index >= 15 is 0 Å². The van der Waals surface area contributed by atoms with Gasteiger partial charge in [-0.1, -0.05) is 11.8 Å². The van der Waals surface area contributed by atoms with Crippen LogP contribution in [-0.2, 0) is 9.53 Å². The Morgan fingerprint density at radius 2 is 1.95 bits per heavy atom. The van der Waals surface area contributed by atoms with E-state index in [0.717, 1.165) is 17.5 Å². The molecule has 0 unspecified atom stereocenters. The average molecular weight is 297 g/mol. The van der Waals surface area contributed by atoms with Gasteiger partial charge in [-0.25, -0.2) is 9.78 Å². The molecule has 0 saturated heterocycles. The van der Waals surface area contributed by atoms with E-state index in [9.17, 15) is 14.7 Å². The molecule has 0 aliphatic rings. The fourth-order valence-corrected chi connectivity index (χ4v) is 2.58. The number of carbonyl (C=O) groups is 2. The molecule has 0 amide bonds. The van der Waals surface area contributed by atoms with Crippen molar-refractivity contribution < 1.29 is 19.4 Å². The second-order valence-corrected chi connectivity index (χ2v) is 6.41. The normalized spacial score (nSPS) is 11.2. The first kappa shape index (κ1) is 16.5. The third-order valence-corrected chi connectivity index (χ3v) is 3.22. The molecule has 6 heteroatoms. The number of ether oxygens (including phenoxy) is 1. The van der Waals surface area contributed by atoms with Crippen LogP contribution in [0.4, 0.5) is 0 Å². The largest absolute Gasteiger partial charge is 0.478 e. The molecule has 0 aliphatic carbocycles. The standard InChI is InChI=1S/C14H19NO4S/c1-8-6-9(2)15-12(11(8)13(17)18)20-7-10(16)19-14(3,4)5/h6H,7H2,1-5H3,(H,17,18). The van der Waals surface area contributed by atoms with Crippen LogP contribution in [0.5, 0.6) is 0 Å². The number of esters is 1. The summed E-state index contributed by atoms with van der Waals surface area (Å²) < 4.78 is 5.19. The maximum atomic E-state index is 11.7. The summed E-state index contributed by atoms with van der Waals surface area (Å²) in [5.41, 5.74) is 0.948. The molecule has 110 valence electrons. The minimum atomic E-state index is -1.04. The van der Waals surface area contributed by atoms with Crippen molar-refractivity contribution in [2.45, 2.75) is 45.2 Å². The van der Waals surface area contributed by atoms with E-state index in [1.54, 1.807) is 40.7 Å². The zero-order chi connectivity index (χ0) is 15.5. The van der Waals surface area contributed by atoms with Gasteiger partial charge in [0.1, 0.15) is 10.6 Å². The van der Waals surface area contributed by atoms with E-state index in [1.807, 2.05) is 0 Å². The average Bonchev–Trinajstić information content (AvgIpc) is 2.22. The predicted octanol–water partition coefficient (Wildman–Crippen LogP) is 2.83. The van der Waals surface area contributed by atoms with Gasteiger partial charge in [0.05, 0.1) is 11.3 Å². The molecule has 5 nitrogen and oxygen atoms in total. The zero-order valence-electron chi connectivity index (χ0n) is 12.3. The van der Waals surface area contributed by atoms with Gasteiger partial charge in [-0.05, 0) is 46.2 Å². The Morgan fingerprint density at radius 1 is 1.35 bits per heavy atom. The Morgan fingerprint density at radius 3 is 2.45 bits per heavy atom. The van der Waals surface area contributed by atoms with Crippen molar-refractivity contribution in [2.75, 3.05) is 5.75 Å². The summed E-state index contributed by atoms with van der Waals surface area (Å²) in [6.45, 7) is 8.86. The third kappa shape index (κ3) is 4.85. The van der Waals surface area contributed by atoms with Crippen LogP contribution in [0.15, 0.2) is 11.1 Å². The van der Waals surface area contributed by atoms with E-state index in [0.29, 0.717) is 10.6 Å². The minimum absolute atomic E-state index is 0.0352. The number of pyridine rings is 1. The predicted molar refractivity (Wildman–Crippen MR) is 77.2 cm³/mol. The highest BCUT2D eigenvalue weighted by atomic mass is 32.2. The molecule has 1 heterocycles. The SMILES string of the molecule is Cc1cc(C)c(C(=O)O)c(SCC(=O)OC(C)(C)C)n1. The number of nitrogens with zero attached hydrogens (tertiary/aromatic N) is 1. The molecule has 1 aromatic rings. The molecule has 0 spiro atoms. The first-order valence-electron chi connectivity index (χ1n) is 6.16. The lowest BCUT2D eigenvalue weighted by Gasteiger charge is -2.19. The molecular weight excluding hydrogens is 278 g/mol. The Hall–Kier alpha value is -1.56. The number of thioether (sulfide) groups is 1. The first-order valence-corrected chi connectivity index (χ1v) is 7.15. The van der Waals surface area contributed by atoms with Crippen molar-refractivity contribution in [3.63, 3.8) is 0 Å². The lowest BCUT2D eigenvalue weighted by atomic mass is 10.1. The van der Waals surface area contributed by atoms with Gasteiger partial charge in [-0.3, -0.25) is 4.79 Å². The van der Waals surface area contributed by atoms with Gasteiger partial charge in [-0.2, -0.15) is 0 Å². The Kier molecular flexibility index (Phi) is 5.16. The van der Waals surface area contributed by atoms with E-state index in [1.165, 1.54) is 0 Å². The van der Waals surface area contributed by atoms with Gasteiger partial charge in [0.25, 0.3) is 0 Å². The Labute approximate surface area is 122 Å². The van der Waals surface area contributed by atoms with Crippen molar-refractivity contribution in [2.24, 2.45) is 0 Å². The van der Waals surface area contributed by atoms with Gasteiger partial charge < -0.3 is 9.84 Å². The number of aryl methyl sites for hydroxylation is 2. The molecule has 1 aromatic heterocycles. The number of carboxylic acids is 1. The van der Waals surface area contributed by atoms with Crippen LogP contribution in [-0.4, -0.2) is 33.4 Å². The minimum Gasteiger partial charge on any atom is -0.478 e. The maximum absolute atomic E-state index is 11.7. The van der Waals surface area contributed by atoms with E-state index in [4.69, 9.17) is 4.74 Å². The number of carboxylic acid groups (broad SMARTS) is 1. The highest BCUT2D eigenvalue weighted by Crippen LogP contribution is 2.25. The summed E-state index contributed by atoms with van der Waals surface area (Å²) in [6.07, 6.45) is 0. The molecule has 0 saturated carbocycles. The maximum Gasteiger partial charge on any atom is 0.338 e. The Bertz CT molecular complexity index is 535. The molecular formula is C14H19NO4S. The highest BCUT2D eigenvalue weighted by Gasteiger charge is 2.20. The van der Waals surface area contributed by atoms with Gasteiger partial charge in [-0.15, -0.1) is 0 Å². The fraction of sp³-hybridized carbons (Fsp3) is 0.500. The number of hydrogen-bond donors (Lipinski definition) is 1. The fourth-order valence-electron chi connectivity index (χ4n) is 1.67. The number of rotatable bonds is 4. The van der Waals surface area contributed by atoms with Crippen molar-refractivity contribution in [1.82, 2.24) is 4.98 Å². The van der Waals surface area contributed by atoms with Crippen LogP contribution in [0.25, 0.3) is 0 Å². The van der Waals surface area contributed by atoms with Crippen LogP contribution in [0.1, 0.15) is 42.4 Å².